The van der Waals surface area contributed by atoms with Gasteiger partial charge in [0.15, 0.2) is 0 Å². The Bertz CT molecular complexity index is 230. The van der Waals surface area contributed by atoms with Crippen LogP contribution in [0.1, 0.15) is 46.5 Å². The van der Waals surface area contributed by atoms with Crippen molar-refractivity contribution in [1.29, 1.82) is 0 Å². The summed E-state index contributed by atoms with van der Waals surface area (Å²) in [5, 5.41) is 0. The van der Waals surface area contributed by atoms with E-state index in [1.54, 1.807) is 0 Å². The van der Waals surface area contributed by atoms with E-state index in [1.165, 1.54) is 30.4 Å². The van der Waals surface area contributed by atoms with Crippen LogP contribution in [0.3, 0.4) is 0 Å². The number of rotatable bonds is 5. The quantitative estimate of drug-likeness (QED) is 0.560. The molecule has 2 radical (unpaired) electrons. The van der Waals surface area contributed by atoms with Crippen molar-refractivity contribution in [2.24, 2.45) is 5.41 Å². The highest BCUT2D eigenvalue weighted by molar-refractivity contribution is 5.29. The van der Waals surface area contributed by atoms with Crippen LogP contribution in [-0.2, 0) is 0 Å². The first-order valence-electron chi connectivity index (χ1n) is 5.53. The van der Waals surface area contributed by atoms with Crippen LogP contribution in [0.5, 0.6) is 0 Å². The summed E-state index contributed by atoms with van der Waals surface area (Å²) < 4.78 is 0. The Hall–Kier alpha value is -0.520. The minimum Gasteiger partial charge on any atom is -0.100 e. The first-order chi connectivity index (χ1) is 6.49. The van der Waals surface area contributed by atoms with Crippen molar-refractivity contribution < 1.29 is 0 Å². The second-order valence-corrected chi connectivity index (χ2v) is 5.08. The van der Waals surface area contributed by atoms with Gasteiger partial charge < -0.3 is 0 Å². The van der Waals surface area contributed by atoms with Crippen molar-refractivity contribution in [3.63, 3.8) is 0 Å². The summed E-state index contributed by atoms with van der Waals surface area (Å²) in [5.74, 6) is 0. The van der Waals surface area contributed by atoms with Gasteiger partial charge in [0.1, 0.15) is 0 Å². The van der Waals surface area contributed by atoms with Crippen LogP contribution >= 0.6 is 0 Å². The highest BCUT2D eigenvalue weighted by atomic mass is 14.3. The average Bonchev–Trinajstić information content (AvgIpc) is 2.53. The summed E-state index contributed by atoms with van der Waals surface area (Å²) in [6, 6.07) is 0. The number of hydrogen-bond donors (Lipinski definition) is 0. The molecular weight excluding hydrogens is 168 g/mol. The fourth-order valence-electron chi connectivity index (χ4n) is 1.76. The van der Waals surface area contributed by atoms with E-state index in [0.29, 0.717) is 5.41 Å². The summed E-state index contributed by atoms with van der Waals surface area (Å²) in [7, 11) is 0. The lowest BCUT2D eigenvalue weighted by atomic mass is 9.80. The Labute approximate surface area is 89.1 Å². The van der Waals surface area contributed by atoms with Crippen molar-refractivity contribution in [3.05, 3.63) is 36.6 Å². The summed E-state index contributed by atoms with van der Waals surface area (Å²) in [6.07, 6.45) is 11.9. The molecule has 0 spiro atoms. The second kappa shape index (κ2) is 4.82. The van der Waals surface area contributed by atoms with Crippen LogP contribution in [0.25, 0.3) is 0 Å². The molecule has 1 rings (SSSR count). The summed E-state index contributed by atoms with van der Waals surface area (Å²) >= 11 is 0. The van der Waals surface area contributed by atoms with E-state index >= 15 is 0 Å². The zero-order valence-corrected chi connectivity index (χ0v) is 9.77. The second-order valence-electron chi connectivity index (χ2n) is 5.08. The van der Waals surface area contributed by atoms with Gasteiger partial charge in [-0.05, 0) is 50.9 Å². The van der Waals surface area contributed by atoms with E-state index in [1.807, 2.05) is 0 Å². The topological polar surface area (TPSA) is 0 Å². The molecule has 0 nitrogen and oxygen atoms in total. The van der Waals surface area contributed by atoms with Gasteiger partial charge in [-0.25, -0.2) is 0 Å². The number of allylic oxidation sites excluding steroid dienone is 3. The van der Waals surface area contributed by atoms with Gasteiger partial charge in [0, 0.05) is 0 Å². The standard InChI is InChI=1S/C14H22/c1-12(2)9-10-14(3,4)11-13-7-5-6-8-13/h7-8,11H,1,5-6,9-10H2,2-4H3. The molecule has 0 bridgehead atoms. The van der Waals surface area contributed by atoms with Gasteiger partial charge in [-0.15, -0.1) is 6.58 Å². The van der Waals surface area contributed by atoms with Crippen molar-refractivity contribution in [2.75, 3.05) is 0 Å². The monoisotopic (exact) mass is 190 g/mol. The molecule has 0 aromatic carbocycles. The van der Waals surface area contributed by atoms with Gasteiger partial charge >= 0.3 is 0 Å². The van der Waals surface area contributed by atoms with E-state index in [9.17, 15) is 0 Å². The molecule has 0 unspecified atom stereocenters. The normalized spacial score (nSPS) is 16.9. The third kappa shape index (κ3) is 4.13. The lowest BCUT2D eigenvalue weighted by Crippen LogP contribution is -2.13. The zero-order valence-electron chi connectivity index (χ0n) is 9.77. The Morgan fingerprint density at radius 2 is 2.21 bits per heavy atom. The van der Waals surface area contributed by atoms with Crippen LogP contribution in [0.15, 0.2) is 23.8 Å². The molecule has 14 heavy (non-hydrogen) atoms. The molecule has 0 fully saturated rings. The molecule has 0 aliphatic heterocycles. The van der Waals surface area contributed by atoms with Gasteiger partial charge in [-0.3, -0.25) is 0 Å². The number of hydrogen-bond acceptors (Lipinski definition) is 0. The van der Waals surface area contributed by atoms with Gasteiger partial charge in [0.25, 0.3) is 0 Å². The first kappa shape index (κ1) is 11.6. The maximum Gasteiger partial charge on any atom is -0.00779 e. The molecule has 0 atom stereocenters. The van der Waals surface area contributed by atoms with E-state index in [2.05, 4.69) is 46.3 Å². The lowest BCUT2D eigenvalue weighted by Gasteiger charge is -2.25. The Kier molecular flexibility index (Phi) is 3.97. The fourth-order valence-corrected chi connectivity index (χ4v) is 1.76. The van der Waals surface area contributed by atoms with Crippen LogP contribution < -0.4 is 0 Å². The fraction of sp³-hybridized carbons (Fsp3) is 0.571. The molecule has 0 saturated heterocycles. The summed E-state index contributed by atoms with van der Waals surface area (Å²) in [5.41, 5.74) is 3.04. The Balaban J connectivity index is 2.36. The molecular formula is C14H22. The molecule has 0 heterocycles. The van der Waals surface area contributed by atoms with Crippen molar-refractivity contribution in [3.8, 4) is 0 Å². The van der Waals surface area contributed by atoms with Gasteiger partial charge in [-0.2, -0.15) is 0 Å². The molecule has 1 aliphatic rings. The van der Waals surface area contributed by atoms with Crippen molar-refractivity contribution in [1.82, 2.24) is 0 Å². The van der Waals surface area contributed by atoms with Gasteiger partial charge in [0.2, 0.25) is 0 Å². The third-order valence-corrected chi connectivity index (χ3v) is 2.68. The van der Waals surface area contributed by atoms with E-state index < -0.39 is 0 Å². The van der Waals surface area contributed by atoms with Crippen LogP contribution in [-0.4, -0.2) is 0 Å². The molecule has 1 aliphatic carbocycles. The predicted molar refractivity (Wildman–Crippen MR) is 63.7 cm³/mol. The highest BCUT2D eigenvalue weighted by Gasteiger charge is 2.20. The SMILES string of the molecule is C=C(C)CCC(C)(C)[CH]C1=CCC[CH]1. The lowest BCUT2D eigenvalue weighted by molar-refractivity contribution is 0.407. The van der Waals surface area contributed by atoms with Crippen molar-refractivity contribution >= 4 is 0 Å². The smallest absolute Gasteiger partial charge is 0.00779 e. The largest absolute Gasteiger partial charge is 0.100 e. The maximum absolute atomic E-state index is 3.95. The molecule has 78 valence electrons. The highest BCUT2D eigenvalue weighted by Crippen LogP contribution is 2.34. The third-order valence-electron chi connectivity index (χ3n) is 2.68. The predicted octanol–water partition coefficient (Wildman–Crippen LogP) is 4.50. The minimum absolute atomic E-state index is 0.311. The maximum atomic E-state index is 3.95. The van der Waals surface area contributed by atoms with E-state index in [0.717, 1.165) is 6.42 Å². The molecule has 0 N–H and O–H groups in total. The summed E-state index contributed by atoms with van der Waals surface area (Å²) in [6.45, 7) is 10.7. The first-order valence-corrected chi connectivity index (χ1v) is 5.53. The Morgan fingerprint density at radius 3 is 2.71 bits per heavy atom. The molecule has 0 saturated carbocycles. The van der Waals surface area contributed by atoms with Gasteiger partial charge in [0.05, 0.1) is 0 Å². The molecule has 0 aromatic heterocycles. The zero-order chi connectivity index (χ0) is 10.6. The van der Waals surface area contributed by atoms with E-state index in [-0.39, 0.29) is 0 Å². The van der Waals surface area contributed by atoms with Gasteiger partial charge in [-0.1, -0.05) is 31.1 Å². The Morgan fingerprint density at radius 1 is 1.50 bits per heavy atom. The molecule has 0 aromatic rings. The molecule has 0 amide bonds. The molecule has 0 heteroatoms. The van der Waals surface area contributed by atoms with Crippen LogP contribution in [0, 0.1) is 18.3 Å². The van der Waals surface area contributed by atoms with Crippen LogP contribution in [0.4, 0.5) is 0 Å². The van der Waals surface area contributed by atoms with Crippen LogP contribution in [0.2, 0.25) is 0 Å². The minimum atomic E-state index is 0.311. The average molecular weight is 190 g/mol. The van der Waals surface area contributed by atoms with Crippen molar-refractivity contribution in [2.45, 2.75) is 46.5 Å². The summed E-state index contributed by atoms with van der Waals surface area (Å²) in [4.78, 5) is 0. The van der Waals surface area contributed by atoms with E-state index in [4.69, 9.17) is 0 Å².